The lowest BCUT2D eigenvalue weighted by Gasteiger charge is -2.04. The third-order valence-corrected chi connectivity index (χ3v) is 2.27. The van der Waals surface area contributed by atoms with Crippen molar-refractivity contribution in [3.8, 4) is 5.75 Å². The van der Waals surface area contributed by atoms with Crippen molar-refractivity contribution < 1.29 is 14.5 Å². The largest absolute Gasteiger partial charge is 0.484 e. The number of ether oxygens (including phenoxy) is 1. The van der Waals surface area contributed by atoms with Gasteiger partial charge in [-0.25, -0.2) is 5.43 Å². The Morgan fingerprint density at radius 3 is 2.65 bits per heavy atom. The Morgan fingerprint density at radius 2 is 2.10 bits per heavy atom. The molecule has 0 saturated heterocycles. The second-order valence-electron chi connectivity index (χ2n) is 4.52. The van der Waals surface area contributed by atoms with E-state index in [-0.39, 0.29) is 18.2 Å². The molecule has 0 spiro atoms. The maximum Gasteiger partial charge on any atom is 0.277 e. The van der Waals surface area contributed by atoms with Gasteiger partial charge >= 0.3 is 0 Å². The molecule has 1 aromatic rings. The van der Waals surface area contributed by atoms with E-state index >= 15 is 0 Å². The van der Waals surface area contributed by atoms with Gasteiger partial charge in [0.25, 0.3) is 11.6 Å². The summed E-state index contributed by atoms with van der Waals surface area (Å²) in [6.07, 6.45) is 2.41. The lowest BCUT2D eigenvalue weighted by molar-refractivity contribution is -0.384. The molecule has 0 fully saturated rings. The molecule has 20 heavy (non-hydrogen) atoms. The Morgan fingerprint density at radius 1 is 1.45 bits per heavy atom. The van der Waals surface area contributed by atoms with Crippen LogP contribution in [0.3, 0.4) is 0 Å². The zero-order chi connectivity index (χ0) is 15.0. The molecule has 1 rings (SSSR count). The van der Waals surface area contributed by atoms with Gasteiger partial charge in [-0.15, -0.1) is 0 Å². The number of nitrogens with zero attached hydrogens (tertiary/aromatic N) is 2. The van der Waals surface area contributed by atoms with Crippen LogP contribution in [0.25, 0.3) is 0 Å². The molecule has 0 saturated carbocycles. The summed E-state index contributed by atoms with van der Waals surface area (Å²) in [7, 11) is 0. The van der Waals surface area contributed by atoms with Crippen LogP contribution in [0.2, 0.25) is 0 Å². The lowest BCUT2D eigenvalue weighted by atomic mass is 10.2. The maximum absolute atomic E-state index is 11.4. The van der Waals surface area contributed by atoms with E-state index in [2.05, 4.69) is 10.5 Å². The molecule has 7 heteroatoms. The number of hydrazone groups is 1. The number of nitrogens with one attached hydrogen (secondary N) is 1. The standard InChI is InChI=1S/C13H17N3O4/c1-10(2)7-8-14-15-13(17)9-20-12-5-3-11(4-6-12)16(18)19/h3-6,8,10H,7,9H2,1-2H3,(H,15,17). The van der Waals surface area contributed by atoms with Crippen molar-refractivity contribution in [3.05, 3.63) is 34.4 Å². The van der Waals surface area contributed by atoms with Crippen LogP contribution in [0, 0.1) is 16.0 Å². The minimum Gasteiger partial charge on any atom is -0.484 e. The normalized spacial score (nSPS) is 10.8. The topological polar surface area (TPSA) is 93.8 Å². The molecule has 0 aromatic heterocycles. The molecule has 0 heterocycles. The Labute approximate surface area is 116 Å². The number of benzene rings is 1. The SMILES string of the molecule is CC(C)CC=NNC(=O)COc1ccc([N+](=O)[O-])cc1. The molecule has 0 unspecified atom stereocenters. The molecule has 0 bridgehead atoms. The van der Waals surface area contributed by atoms with Gasteiger partial charge in [-0.3, -0.25) is 14.9 Å². The zero-order valence-corrected chi connectivity index (χ0v) is 11.4. The first-order valence-electron chi connectivity index (χ1n) is 6.16. The number of non-ortho nitro benzene ring substituents is 1. The number of hydrogen-bond acceptors (Lipinski definition) is 5. The average Bonchev–Trinajstić information content (AvgIpc) is 2.41. The highest BCUT2D eigenvalue weighted by atomic mass is 16.6. The van der Waals surface area contributed by atoms with E-state index in [4.69, 9.17) is 4.74 Å². The van der Waals surface area contributed by atoms with Gasteiger partial charge in [0, 0.05) is 18.3 Å². The van der Waals surface area contributed by atoms with Crippen molar-refractivity contribution in [2.75, 3.05) is 6.61 Å². The van der Waals surface area contributed by atoms with E-state index in [1.807, 2.05) is 13.8 Å². The first kappa shape index (κ1) is 15.6. The van der Waals surface area contributed by atoms with Crippen molar-refractivity contribution in [3.63, 3.8) is 0 Å². The van der Waals surface area contributed by atoms with Crippen molar-refractivity contribution in [2.24, 2.45) is 11.0 Å². The van der Waals surface area contributed by atoms with E-state index in [0.717, 1.165) is 6.42 Å². The zero-order valence-electron chi connectivity index (χ0n) is 11.4. The van der Waals surface area contributed by atoms with Crippen molar-refractivity contribution in [1.29, 1.82) is 0 Å². The smallest absolute Gasteiger partial charge is 0.277 e. The van der Waals surface area contributed by atoms with Gasteiger partial charge in [0.05, 0.1) is 4.92 Å². The van der Waals surface area contributed by atoms with Gasteiger partial charge in [-0.1, -0.05) is 13.8 Å². The predicted octanol–water partition coefficient (Wildman–Crippen LogP) is 2.12. The fraction of sp³-hybridized carbons (Fsp3) is 0.385. The first-order chi connectivity index (χ1) is 9.49. The summed E-state index contributed by atoms with van der Waals surface area (Å²) in [5, 5.41) is 14.2. The van der Waals surface area contributed by atoms with Crippen molar-refractivity contribution in [2.45, 2.75) is 20.3 Å². The number of amides is 1. The molecule has 0 radical (unpaired) electrons. The summed E-state index contributed by atoms with van der Waals surface area (Å²) in [5.41, 5.74) is 2.31. The molecule has 0 aliphatic rings. The Bertz CT molecular complexity index is 483. The molecule has 0 atom stereocenters. The van der Waals surface area contributed by atoms with E-state index in [0.29, 0.717) is 11.7 Å². The van der Waals surface area contributed by atoms with Crippen molar-refractivity contribution in [1.82, 2.24) is 5.43 Å². The fourth-order valence-corrected chi connectivity index (χ4v) is 1.23. The number of nitro groups is 1. The molecule has 1 N–H and O–H groups in total. The summed E-state index contributed by atoms with van der Waals surface area (Å²) in [6, 6.07) is 5.50. The van der Waals surface area contributed by atoms with Crippen molar-refractivity contribution >= 4 is 17.8 Å². The van der Waals surface area contributed by atoms with Gasteiger partial charge in [-0.2, -0.15) is 5.10 Å². The quantitative estimate of drug-likeness (QED) is 0.470. The Hall–Kier alpha value is -2.44. The van der Waals surface area contributed by atoms with Gasteiger partial charge in [0.1, 0.15) is 5.75 Å². The fourth-order valence-electron chi connectivity index (χ4n) is 1.23. The molecule has 108 valence electrons. The molecular weight excluding hydrogens is 262 g/mol. The molecule has 0 aliphatic carbocycles. The molecule has 1 aromatic carbocycles. The van der Waals surface area contributed by atoms with Gasteiger partial charge in [0.2, 0.25) is 0 Å². The summed E-state index contributed by atoms with van der Waals surface area (Å²) in [5.74, 6) is 0.479. The van der Waals surface area contributed by atoms with E-state index < -0.39 is 4.92 Å². The lowest BCUT2D eigenvalue weighted by Crippen LogP contribution is -2.24. The highest BCUT2D eigenvalue weighted by Crippen LogP contribution is 2.16. The number of rotatable bonds is 7. The second-order valence-corrected chi connectivity index (χ2v) is 4.52. The van der Waals surface area contributed by atoms with Gasteiger partial charge < -0.3 is 4.74 Å². The van der Waals surface area contributed by atoms with Gasteiger partial charge in [0.15, 0.2) is 6.61 Å². The number of carbonyl (C=O) groups excluding carboxylic acids is 1. The van der Waals surface area contributed by atoms with Crippen LogP contribution in [0.15, 0.2) is 29.4 Å². The maximum atomic E-state index is 11.4. The van der Waals surface area contributed by atoms with E-state index in [1.165, 1.54) is 24.3 Å². The summed E-state index contributed by atoms with van der Waals surface area (Å²) in [4.78, 5) is 21.3. The molecule has 0 aliphatic heterocycles. The van der Waals surface area contributed by atoms with E-state index in [1.54, 1.807) is 6.21 Å². The number of hydrogen-bond donors (Lipinski definition) is 1. The molecule has 7 nitrogen and oxygen atoms in total. The van der Waals surface area contributed by atoms with Crippen LogP contribution in [-0.4, -0.2) is 23.7 Å². The third-order valence-electron chi connectivity index (χ3n) is 2.27. The molecular formula is C13H17N3O4. The van der Waals surface area contributed by atoms with Gasteiger partial charge in [-0.05, 0) is 24.5 Å². The Balaban J connectivity index is 2.33. The second kappa shape index (κ2) is 7.88. The molecule has 1 amide bonds. The monoisotopic (exact) mass is 279 g/mol. The highest BCUT2D eigenvalue weighted by molar-refractivity contribution is 5.78. The summed E-state index contributed by atoms with van der Waals surface area (Å²) in [6.45, 7) is 3.90. The third kappa shape index (κ3) is 5.94. The van der Waals surface area contributed by atoms with E-state index in [9.17, 15) is 14.9 Å². The highest BCUT2D eigenvalue weighted by Gasteiger charge is 2.05. The van der Waals surface area contributed by atoms with Crippen LogP contribution in [0.5, 0.6) is 5.75 Å². The summed E-state index contributed by atoms with van der Waals surface area (Å²) < 4.78 is 5.17. The predicted molar refractivity (Wildman–Crippen MR) is 74.7 cm³/mol. The minimum absolute atomic E-state index is 0.0277. The minimum atomic E-state index is -0.500. The Kier molecular flexibility index (Phi) is 6.15. The van der Waals surface area contributed by atoms with Crippen LogP contribution >= 0.6 is 0 Å². The van der Waals surface area contributed by atoms with Crippen LogP contribution in [0.1, 0.15) is 20.3 Å². The average molecular weight is 279 g/mol. The first-order valence-corrected chi connectivity index (χ1v) is 6.16. The summed E-state index contributed by atoms with van der Waals surface area (Å²) >= 11 is 0. The van der Waals surface area contributed by atoms with Crippen LogP contribution in [-0.2, 0) is 4.79 Å². The number of carbonyl (C=O) groups is 1. The van der Waals surface area contributed by atoms with Crippen LogP contribution < -0.4 is 10.2 Å². The van der Waals surface area contributed by atoms with Crippen LogP contribution in [0.4, 0.5) is 5.69 Å². The number of nitro benzene ring substituents is 1.